The highest BCUT2D eigenvalue weighted by molar-refractivity contribution is 5.37. The van der Waals surface area contributed by atoms with Gasteiger partial charge in [-0.2, -0.15) is 0 Å². The van der Waals surface area contributed by atoms with Crippen molar-refractivity contribution in [3.63, 3.8) is 0 Å². The molecule has 0 fully saturated rings. The van der Waals surface area contributed by atoms with Gasteiger partial charge in [0.05, 0.1) is 0 Å². The van der Waals surface area contributed by atoms with E-state index in [9.17, 15) is 0 Å². The molecule has 1 aromatic rings. The Morgan fingerprint density at radius 3 is 2.77 bits per heavy atom. The first-order chi connectivity index (χ1) is 6.18. The third kappa shape index (κ3) is 1.49. The molecule has 2 rings (SSSR count). The lowest BCUT2D eigenvalue weighted by molar-refractivity contribution is 0.513. The summed E-state index contributed by atoms with van der Waals surface area (Å²) < 4.78 is 0. The standard InChI is InChI=1S/C12H17N/c1-8-3-5-10-9(2)4-6-12(13)11(10)7-8/h3,5,7,9,12H,4,6,13H2,1-2H3/t9?,12-/m1/s1. The van der Waals surface area contributed by atoms with Crippen LogP contribution < -0.4 is 5.73 Å². The highest BCUT2D eigenvalue weighted by Crippen LogP contribution is 2.36. The van der Waals surface area contributed by atoms with E-state index in [0.717, 1.165) is 6.42 Å². The quantitative estimate of drug-likeness (QED) is 0.644. The summed E-state index contributed by atoms with van der Waals surface area (Å²) in [7, 11) is 0. The van der Waals surface area contributed by atoms with Gasteiger partial charge in [-0.1, -0.05) is 30.7 Å². The highest BCUT2D eigenvalue weighted by atomic mass is 14.6. The van der Waals surface area contributed by atoms with Gasteiger partial charge < -0.3 is 5.73 Å². The third-order valence-corrected chi connectivity index (χ3v) is 3.08. The van der Waals surface area contributed by atoms with Crippen molar-refractivity contribution in [1.82, 2.24) is 0 Å². The van der Waals surface area contributed by atoms with Gasteiger partial charge in [0.2, 0.25) is 0 Å². The molecule has 1 aliphatic rings. The van der Waals surface area contributed by atoms with Crippen molar-refractivity contribution in [2.75, 3.05) is 0 Å². The molecule has 0 bridgehead atoms. The van der Waals surface area contributed by atoms with Crippen LogP contribution in [-0.4, -0.2) is 0 Å². The Labute approximate surface area is 80.0 Å². The largest absolute Gasteiger partial charge is 0.324 e. The molecule has 2 N–H and O–H groups in total. The number of aryl methyl sites for hydroxylation is 1. The average Bonchev–Trinajstić information content (AvgIpc) is 2.12. The molecule has 1 heteroatoms. The van der Waals surface area contributed by atoms with Gasteiger partial charge in [0.25, 0.3) is 0 Å². The average molecular weight is 175 g/mol. The van der Waals surface area contributed by atoms with E-state index in [-0.39, 0.29) is 6.04 Å². The lowest BCUT2D eigenvalue weighted by atomic mass is 9.81. The lowest BCUT2D eigenvalue weighted by Crippen LogP contribution is -2.19. The zero-order valence-electron chi connectivity index (χ0n) is 8.38. The van der Waals surface area contributed by atoms with Crippen molar-refractivity contribution in [3.8, 4) is 0 Å². The van der Waals surface area contributed by atoms with Crippen LogP contribution in [0.5, 0.6) is 0 Å². The zero-order chi connectivity index (χ0) is 9.42. The lowest BCUT2D eigenvalue weighted by Gasteiger charge is -2.27. The van der Waals surface area contributed by atoms with Crippen molar-refractivity contribution < 1.29 is 0 Å². The predicted molar refractivity (Wildman–Crippen MR) is 55.8 cm³/mol. The number of nitrogens with two attached hydrogens (primary N) is 1. The SMILES string of the molecule is Cc1ccc2c(c1)[C@H](N)CCC2C. The Morgan fingerprint density at radius 1 is 1.23 bits per heavy atom. The molecule has 13 heavy (non-hydrogen) atoms. The van der Waals surface area contributed by atoms with Gasteiger partial charge in [-0.05, 0) is 36.8 Å². The van der Waals surface area contributed by atoms with Gasteiger partial charge in [0, 0.05) is 6.04 Å². The summed E-state index contributed by atoms with van der Waals surface area (Å²) in [6, 6.07) is 6.95. The smallest absolute Gasteiger partial charge is 0.0297 e. The van der Waals surface area contributed by atoms with Crippen LogP contribution in [0.3, 0.4) is 0 Å². The van der Waals surface area contributed by atoms with Crippen LogP contribution in [0.1, 0.15) is 48.4 Å². The maximum absolute atomic E-state index is 6.08. The first-order valence-electron chi connectivity index (χ1n) is 5.04. The Balaban J connectivity index is 2.50. The number of fused-ring (bicyclic) bond motifs is 1. The van der Waals surface area contributed by atoms with E-state index in [0.29, 0.717) is 5.92 Å². The van der Waals surface area contributed by atoms with Crippen molar-refractivity contribution >= 4 is 0 Å². The molecule has 0 heterocycles. The minimum absolute atomic E-state index is 0.270. The minimum Gasteiger partial charge on any atom is -0.324 e. The summed E-state index contributed by atoms with van der Waals surface area (Å²) in [5.41, 5.74) is 10.2. The van der Waals surface area contributed by atoms with E-state index in [4.69, 9.17) is 5.73 Å². The molecule has 0 saturated carbocycles. The van der Waals surface area contributed by atoms with E-state index in [1.807, 2.05) is 0 Å². The zero-order valence-corrected chi connectivity index (χ0v) is 8.38. The maximum atomic E-state index is 6.08. The van der Waals surface area contributed by atoms with E-state index in [2.05, 4.69) is 32.0 Å². The van der Waals surface area contributed by atoms with Crippen molar-refractivity contribution in [2.24, 2.45) is 5.73 Å². The molecule has 0 radical (unpaired) electrons. The Morgan fingerprint density at radius 2 is 2.00 bits per heavy atom. The molecule has 0 aromatic heterocycles. The highest BCUT2D eigenvalue weighted by Gasteiger charge is 2.21. The molecule has 70 valence electrons. The van der Waals surface area contributed by atoms with E-state index in [1.165, 1.54) is 23.1 Å². The number of benzene rings is 1. The number of rotatable bonds is 0. The van der Waals surface area contributed by atoms with Crippen LogP contribution in [0, 0.1) is 6.92 Å². The van der Waals surface area contributed by atoms with Crippen LogP contribution in [0.2, 0.25) is 0 Å². The normalized spacial score (nSPS) is 27.0. The fourth-order valence-electron chi connectivity index (χ4n) is 2.20. The summed E-state index contributed by atoms with van der Waals surface area (Å²) in [6.07, 6.45) is 2.37. The Kier molecular flexibility index (Phi) is 2.12. The van der Waals surface area contributed by atoms with E-state index < -0.39 is 0 Å². The van der Waals surface area contributed by atoms with Gasteiger partial charge in [-0.25, -0.2) is 0 Å². The van der Waals surface area contributed by atoms with E-state index >= 15 is 0 Å². The van der Waals surface area contributed by atoms with Crippen LogP contribution in [0.4, 0.5) is 0 Å². The Hall–Kier alpha value is -0.820. The second kappa shape index (κ2) is 3.15. The molecule has 0 aliphatic heterocycles. The molecular weight excluding hydrogens is 158 g/mol. The summed E-state index contributed by atoms with van der Waals surface area (Å²) >= 11 is 0. The molecule has 0 spiro atoms. The second-order valence-electron chi connectivity index (χ2n) is 4.22. The van der Waals surface area contributed by atoms with Gasteiger partial charge in [-0.3, -0.25) is 0 Å². The van der Waals surface area contributed by atoms with Crippen LogP contribution in [0.25, 0.3) is 0 Å². The summed E-state index contributed by atoms with van der Waals surface area (Å²) in [4.78, 5) is 0. The molecule has 1 aliphatic carbocycles. The van der Waals surface area contributed by atoms with Gasteiger partial charge in [-0.15, -0.1) is 0 Å². The predicted octanol–water partition coefficient (Wildman–Crippen LogP) is 2.89. The summed E-state index contributed by atoms with van der Waals surface area (Å²) in [5.74, 6) is 0.690. The van der Waals surface area contributed by atoms with Gasteiger partial charge in [0.15, 0.2) is 0 Å². The van der Waals surface area contributed by atoms with Crippen molar-refractivity contribution in [3.05, 3.63) is 34.9 Å². The molecule has 0 saturated heterocycles. The number of hydrogen-bond donors (Lipinski definition) is 1. The minimum atomic E-state index is 0.270. The van der Waals surface area contributed by atoms with Crippen LogP contribution in [-0.2, 0) is 0 Å². The molecule has 1 aromatic carbocycles. The molecular formula is C12H17N. The van der Waals surface area contributed by atoms with Gasteiger partial charge in [0.1, 0.15) is 0 Å². The first kappa shape index (κ1) is 8.76. The fourth-order valence-corrected chi connectivity index (χ4v) is 2.20. The van der Waals surface area contributed by atoms with Crippen molar-refractivity contribution in [1.29, 1.82) is 0 Å². The van der Waals surface area contributed by atoms with Crippen molar-refractivity contribution in [2.45, 2.75) is 38.6 Å². The first-order valence-corrected chi connectivity index (χ1v) is 5.04. The van der Waals surface area contributed by atoms with Crippen LogP contribution in [0.15, 0.2) is 18.2 Å². The summed E-state index contributed by atoms with van der Waals surface area (Å²) in [6.45, 7) is 4.42. The maximum Gasteiger partial charge on any atom is 0.0297 e. The number of hydrogen-bond acceptors (Lipinski definition) is 1. The van der Waals surface area contributed by atoms with Gasteiger partial charge >= 0.3 is 0 Å². The molecule has 1 unspecified atom stereocenters. The third-order valence-electron chi connectivity index (χ3n) is 3.08. The molecule has 2 atom stereocenters. The monoisotopic (exact) mass is 175 g/mol. The topological polar surface area (TPSA) is 26.0 Å². The molecule has 0 amide bonds. The second-order valence-corrected chi connectivity index (χ2v) is 4.22. The van der Waals surface area contributed by atoms with E-state index in [1.54, 1.807) is 0 Å². The Bertz CT molecular complexity index is 317. The summed E-state index contributed by atoms with van der Waals surface area (Å²) in [5, 5.41) is 0. The van der Waals surface area contributed by atoms with Crippen LogP contribution >= 0.6 is 0 Å². The molecule has 1 nitrogen and oxygen atoms in total. The fraction of sp³-hybridized carbons (Fsp3) is 0.500.